The fourth-order valence-electron chi connectivity index (χ4n) is 1.31. The Bertz CT molecular complexity index is 403. The molecular formula is C14H23N3O3. The summed E-state index contributed by atoms with van der Waals surface area (Å²) in [5.41, 5.74) is -0.176. The first-order valence-electron chi connectivity index (χ1n) is 6.64. The summed E-state index contributed by atoms with van der Waals surface area (Å²) in [5.74, 6) is -1.22. The van der Waals surface area contributed by atoms with E-state index < -0.39 is 11.9 Å². The highest BCUT2D eigenvalue weighted by Crippen LogP contribution is 2.01. The topological polar surface area (TPSA) is 102 Å². The molecule has 0 aliphatic rings. The van der Waals surface area contributed by atoms with E-state index in [1.54, 1.807) is 0 Å². The van der Waals surface area contributed by atoms with Crippen LogP contribution in [0.3, 0.4) is 0 Å². The highest BCUT2D eigenvalue weighted by atomic mass is 16.4. The lowest BCUT2D eigenvalue weighted by Crippen LogP contribution is -2.33. The van der Waals surface area contributed by atoms with E-state index in [4.69, 9.17) is 10.4 Å². The molecule has 0 aliphatic carbocycles. The monoisotopic (exact) mass is 281 g/mol. The molecule has 1 amide bonds. The molecule has 0 fully saturated rings. The normalized spacial score (nSPS) is 11.6. The Labute approximate surface area is 119 Å². The third-order valence-electron chi connectivity index (χ3n) is 2.37. The lowest BCUT2D eigenvalue weighted by Gasteiger charge is -2.18. The Morgan fingerprint density at radius 2 is 1.90 bits per heavy atom. The Balaban J connectivity index is 4.00. The summed E-state index contributed by atoms with van der Waals surface area (Å²) in [6.07, 6.45) is 3.59. The number of hydrogen-bond donors (Lipinski definition) is 3. The molecule has 0 bridgehead atoms. The van der Waals surface area contributed by atoms with Crippen molar-refractivity contribution in [3.05, 3.63) is 11.8 Å². The quantitative estimate of drug-likeness (QED) is 0.356. The minimum Gasteiger partial charge on any atom is -0.481 e. The van der Waals surface area contributed by atoms with E-state index in [9.17, 15) is 9.59 Å². The first kappa shape index (κ1) is 18.0. The van der Waals surface area contributed by atoms with Crippen LogP contribution in [0, 0.1) is 11.3 Å². The van der Waals surface area contributed by atoms with E-state index in [0.29, 0.717) is 19.4 Å². The summed E-state index contributed by atoms with van der Waals surface area (Å²) in [6.45, 7) is 6.23. The van der Waals surface area contributed by atoms with Crippen molar-refractivity contribution in [2.45, 2.75) is 52.0 Å². The van der Waals surface area contributed by atoms with Gasteiger partial charge >= 0.3 is 5.97 Å². The third-order valence-corrected chi connectivity index (χ3v) is 2.37. The second kappa shape index (κ2) is 8.97. The summed E-state index contributed by atoms with van der Waals surface area (Å²) < 4.78 is 0. The van der Waals surface area contributed by atoms with Crippen LogP contribution in [0.2, 0.25) is 0 Å². The zero-order chi connectivity index (χ0) is 15.6. The Hall–Kier alpha value is -2.03. The maximum Gasteiger partial charge on any atom is 0.303 e. The Morgan fingerprint density at radius 3 is 2.40 bits per heavy atom. The number of nitrogens with zero attached hydrogens (tertiary/aromatic N) is 1. The van der Waals surface area contributed by atoms with E-state index in [0.717, 1.165) is 6.42 Å². The first-order chi connectivity index (χ1) is 9.26. The molecule has 0 radical (unpaired) electrons. The molecule has 0 saturated heterocycles. The molecular weight excluding hydrogens is 258 g/mol. The summed E-state index contributed by atoms with van der Waals surface area (Å²) in [7, 11) is 0. The van der Waals surface area contributed by atoms with Crippen LogP contribution < -0.4 is 10.6 Å². The van der Waals surface area contributed by atoms with Crippen LogP contribution >= 0.6 is 0 Å². The molecule has 112 valence electrons. The number of carboxylic acids is 1. The van der Waals surface area contributed by atoms with Crippen LogP contribution in [0.4, 0.5) is 0 Å². The number of aliphatic carboxylic acids is 1. The minimum absolute atomic E-state index is 0.0328. The van der Waals surface area contributed by atoms with E-state index in [1.807, 2.05) is 26.8 Å². The molecule has 0 aromatic heterocycles. The Kier molecular flexibility index (Phi) is 8.06. The van der Waals surface area contributed by atoms with Crippen molar-refractivity contribution in [1.82, 2.24) is 10.6 Å². The summed E-state index contributed by atoms with van der Waals surface area (Å²) >= 11 is 0. The van der Waals surface area contributed by atoms with Crippen LogP contribution in [0.1, 0.15) is 46.5 Å². The molecule has 0 unspecified atom stereocenters. The zero-order valence-electron chi connectivity index (χ0n) is 12.3. The van der Waals surface area contributed by atoms with Gasteiger partial charge in [-0.05, 0) is 33.6 Å². The van der Waals surface area contributed by atoms with Crippen molar-refractivity contribution in [3.8, 4) is 6.07 Å². The summed E-state index contributed by atoms with van der Waals surface area (Å²) in [6, 6.07) is 1.85. The number of carbonyl (C=O) groups is 2. The summed E-state index contributed by atoms with van der Waals surface area (Å²) in [5, 5.41) is 23.0. The fraction of sp³-hybridized carbons (Fsp3) is 0.643. The van der Waals surface area contributed by atoms with Gasteiger partial charge in [-0.25, -0.2) is 0 Å². The van der Waals surface area contributed by atoms with Gasteiger partial charge in [-0.2, -0.15) is 5.26 Å². The highest BCUT2D eigenvalue weighted by Gasteiger charge is 2.11. The van der Waals surface area contributed by atoms with Crippen LogP contribution in [-0.4, -0.2) is 29.1 Å². The van der Waals surface area contributed by atoms with E-state index in [2.05, 4.69) is 10.6 Å². The van der Waals surface area contributed by atoms with Crippen LogP contribution in [0.5, 0.6) is 0 Å². The maximum absolute atomic E-state index is 11.7. The third kappa shape index (κ3) is 9.95. The first-order valence-corrected chi connectivity index (χ1v) is 6.64. The number of nitrogens with one attached hydrogen (secondary N) is 2. The zero-order valence-corrected chi connectivity index (χ0v) is 12.3. The van der Waals surface area contributed by atoms with Gasteiger partial charge in [0, 0.05) is 24.7 Å². The molecule has 0 rings (SSSR count). The van der Waals surface area contributed by atoms with Crippen LogP contribution in [0.25, 0.3) is 0 Å². The lowest BCUT2D eigenvalue weighted by atomic mass is 10.1. The van der Waals surface area contributed by atoms with Gasteiger partial charge in [0.05, 0.1) is 0 Å². The van der Waals surface area contributed by atoms with E-state index >= 15 is 0 Å². The van der Waals surface area contributed by atoms with Gasteiger partial charge in [-0.15, -0.1) is 0 Å². The smallest absolute Gasteiger partial charge is 0.303 e. The molecule has 0 aliphatic heterocycles. The number of unbranched alkanes of at least 4 members (excludes halogenated alkanes) is 2. The van der Waals surface area contributed by atoms with Crippen molar-refractivity contribution < 1.29 is 14.7 Å². The highest BCUT2D eigenvalue weighted by molar-refractivity contribution is 5.97. The average molecular weight is 281 g/mol. The van der Waals surface area contributed by atoms with Gasteiger partial charge in [-0.3, -0.25) is 9.59 Å². The number of rotatable bonds is 8. The fourth-order valence-corrected chi connectivity index (χ4v) is 1.31. The van der Waals surface area contributed by atoms with Crippen molar-refractivity contribution in [2.24, 2.45) is 0 Å². The van der Waals surface area contributed by atoms with E-state index in [1.165, 1.54) is 6.20 Å². The summed E-state index contributed by atoms with van der Waals surface area (Å²) in [4.78, 5) is 22.0. The molecule has 0 spiro atoms. The van der Waals surface area contributed by atoms with Crippen molar-refractivity contribution >= 4 is 11.9 Å². The van der Waals surface area contributed by atoms with Crippen molar-refractivity contribution in [2.75, 3.05) is 6.54 Å². The van der Waals surface area contributed by atoms with Crippen LogP contribution in [-0.2, 0) is 9.59 Å². The standard InChI is InChI=1S/C14H23N3O3/c1-14(2,3)17-10-11(9-15)13(20)16-8-6-4-5-7-12(18)19/h10,17H,4-8H2,1-3H3,(H,16,20)(H,18,19)/b11-10-. The largest absolute Gasteiger partial charge is 0.481 e. The molecule has 6 heteroatoms. The van der Waals surface area contributed by atoms with E-state index in [-0.39, 0.29) is 17.5 Å². The van der Waals surface area contributed by atoms with Gasteiger partial charge in [0.15, 0.2) is 0 Å². The van der Waals surface area contributed by atoms with Crippen molar-refractivity contribution in [3.63, 3.8) is 0 Å². The number of carbonyl (C=O) groups excluding carboxylic acids is 1. The van der Waals surface area contributed by atoms with Gasteiger partial charge in [0.2, 0.25) is 0 Å². The average Bonchev–Trinajstić information content (AvgIpc) is 2.32. The van der Waals surface area contributed by atoms with Gasteiger partial charge in [-0.1, -0.05) is 6.42 Å². The second-order valence-corrected chi connectivity index (χ2v) is 5.52. The van der Waals surface area contributed by atoms with Gasteiger partial charge < -0.3 is 15.7 Å². The molecule has 0 aromatic carbocycles. The second-order valence-electron chi connectivity index (χ2n) is 5.52. The number of carboxylic acid groups (broad SMARTS) is 1. The van der Waals surface area contributed by atoms with Crippen LogP contribution in [0.15, 0.2) is 11.8 Å². The number of hydrogen-bond acceptors (Lipinski definition) is 4. The molecule has 0 atom stereocenters. The maximum atomic E-state index is 11.7. The molecule has 0 saturated carbocycles. The van der Waals surface area contributed by atoms with Gasteiger partial charge in [0.25, 0.3) is 5.91 Å². The number of nitriles is 1. The predicted octanol–water partition coefficient (Wildman–Crippen LogP) is 1.54. The molecule has 6 nitrogen and oxygen atoms in total. The molecule has 0 aromatic rings. The predicted molar refractivity (Wildman–Crippen MR) is 75.7 cm³/mol. The molecule has 20 heavy (non-hydrogen) atoms. The molecule has 3 N–H and O–H groups in total. The molecule has 0 heterocycles. The van der Waals surface area contributed by atoms with Crippen molar-refractivity contribution in [1.29, 1.82) is 5.26 Å². The minimum atomic E-state index is -0.808. The number of amides is 1. The Morgan fingerprint density at radius 1 is 1.25 bits per heavy atom. The van der Waals surface area contributed by atoms with Gasteiger partial charge in [0.1, 0.15) is 11.6 Å². The SMILES string of the molecule is CC(C)(C)N/C=C(/C#N)C(=O)NCCCCCC(=O)O. The lowest BCUT2D eigenvalue weighted by molar-refractivity contribution is -0.137.